The van der Waals surface area contributed by atoms with E-state index >= 15 is 0 Å². The molecule has 0 spiro atoms. The molecule has 9 nitrogen and oxygen atoms in total. The molecule has 10 heteroatoms. The van der Waals surface area contributed by atoms with Crippen LogP contribution >= 0.6 is 0 Å². The van der Waals surface area contributed by atoms with E-state index in [-0.39, 0.29) is 25.1 Å². The van der Waals surface area contributed by atoms with Gasteiger partial charge in [-0.05, 0) is 44.0 Å². The first-order valence-corrected chi connectivity index (χ1v) is 11.4. The summed E-state index contributed by atoms with van der Waals surface area (Å²) in [4.78, 5) is 53.7. The number of nitrogens with zero attached hydrogens (tertiary/aromatic N) is 2. The van der Waals surface area contributed by atoms with Gasteiger partial charge in [-0.3, -0.25) is 19.3 Å². The summed E-state index contributed by atoms with van der Waals surface area (Å²) in [5.41, 5.74) is 1.52. The van der Waals surface area contributed by atoms with Crippen molar-refractivity contribution in [3.8, 4) is 0 Å². The van der Waals surface area contributed by atoms with E-state index in [1.54, 1.807) is 25.1 Å². The van der Waals surface area contributed by atoms with Crippen molar-refractivity contribution in [2.24, 2.45) is 0 Å². The number of carbonyl (C=O) groups is 4. The Labute approximate surface area is 202 Å². The van der Waals surface area contributed by atoms with Crippen molar-refractivity contribution >= 4 is 23.8 Å². The number of carbonyl (C=O) groups excluding carboxylic acids is 3. The standard InChI is InChI=1S/C25H29FN4O5/c1-3-27-25(35)30-12-6-11-29(24(34)18-9-5-10-19(26)14-18)23(30)22(33)28-20(15-21(31)32)17-8-4-7-16(2)13-17/h4-5,7-10,13-14,20,23H,3,6,11-12,15H2,1-2H3,(H,27,35)(H,28,33)(H,31,32). The normalized spacial score (nSPS) is 16.4. The highest BCUT2D eigenvalue weighted by Crippen LogP contribution is 2.23. The fraction of sp³-hybridized carbons (Fsp3) is 0.360. The van der Waals surface area contributed by atoms with E-state index in [0.29, 0.717) is 18.5 Å². The summed E-state index contributed by atoms with van der Waals surface area (Å²) in [7, 11) is 0. The highest BCUT2D eigenvalue weighted by molar-refractivity contribution is 5.99. The van der Waals surface area contributed by atoms with E-state index in [9.17, 15) is 28.7 Å². The third-order valence-electron chi connectivity index (χ3n) is 5.68. The Bertz CT molecular complexity index is 1110. The molecule has 1 heterocycles. The van der Waals surface area contributed by atoms with Gasteiger partial charge in [0.15, 0.2) is 6.17 Å². The minimum absolute atomic E-state index is 0.0429. The number of benzene rings is 2. The Morgan fingerprint density at radius 1 is 1.09 bits per heavy atom. The van der Waals surface area contributed by atoms with E-state index < -0.39 is 41.8 Å². The van der Waals surface area contributed by atoms with Gasteiger partial charge in [0.05, 0.1) is 12.5 Å². The number of aryl methyl sites for hydroxylation is 1. The Hall–Kier alpha value is -3.95. The zero-order chi connectivity index (χ0) is 25.5. The van der Waals surface area contributed by atoms with Gasteiger partial charge in [0.2, 0.25) is 0 Å². The molecule has 1 aliphatic rings. The molecule has 3 rings (SSSR count). The Balaban J connectivity index is 1.96. The molecule has 2 atom stereocenters. The summed E-state index contributed by atoms with van der Waals surface area (Å²) in [5.74, 6) is -3.03. The molecule has 0 aromatic heterocycles. The average Bonchev–Trinajstić information content (AvgIpc) is 2.82. The lowest BCUT2D eigenvalue weighted by molar-refractivity contribution is -0.138. The molecular weight excluding hydrogens is 455 g/mol. The number of carboxylic acid groups (broad SMARTS) is 1. The van der Waals surface area contributed by atoms with Crippen molar-refractivity contribution < 1.29 is 28.7 Å². The molecule has 4 amide bonds. The lowest BCUT2D eigenvalue weighted by atomic mass is 10.0. The fourth-order valence-corrected chi connectivity index (χ4v) is 4.13. The largest absolute Gasteiger partial charge is 0.481 e. The molecule has 35 heavy (non-hydrogen) atoms. The molecule has 186 valence electrons. The number of amides is 4. The number of aliphatic carboxylic acids is 1. The van der Waals surface area contributed by atoms with E-state index in [4.69, 9.17) is 0 Å². The van der Waals surface area contributed by atoms with Crippen LogP contribution in [-0.4, -0.2) is 64.5 Å². The first-order valence-electron chi connectivity index (χ1n) is 11.4. The molecule has 3 N–H and O–H groups in total. The lowest BCUT2D eigenvalue weighted by Gasteiger charge is -2.43. The number of rotatable bonds is 7. The van der Waals surface area contributed by atoms with Crippen LogP contribution in [0.3, 0.4) is 0 Å². The van der Waals surface area contributed by atoms with Gasteiger partial charge in [0.25, 0.3) is 11.8 Å². The molecule has 0 radical (unpaired) electrons. The van der Waals surface area contributed by atoms with Gasteiger partial charge in [-0.15, -0.1) is 0 Å². The predicted octanol–water partition coefficient (Wildman–Crippen LogP) is 2.67. The molecule has 0 saturated carbocycles. The molecule has 1 fully saturated rings. The molecular formula is C25H29FN4O5. The van der Waals surface area contributed by atoms with Crippen LogP contribution in [0.25, 0.3) is 0 Å². The molecule has 2 aromatic carbocycles. The quantitative estimate of drug-likeness (QED) is 0.558. The molecule has 1 saturated heterocycles. The van der Waals surface area contributed by atoms with Crippen LogP contribution in [0.5, 0.6) is 0 Å². The van der Waals surface area contributed by atoms with Crippen LogP contribution in [-0.2, 0) is 9.59 Å². The smallest absolute Gasteiger partial charge is 0.319 e. The van der Waals surface area contributed by atoms with E-state index in [1.807, 2.05) is 13.0 Å². The molecule has 2 aromatic rings. The summed E-state index contributed by atoms with van der Waals surface area (Å²) in [6, 6.07) is 10.8. The van der Waals surface area contributed by atoms with Gasteiger partial charge in [-0.25, -0.2) is 9.18 Å². The zero-order valence-corrected chi connectivity index (χ0v) is 19.7. The van der Waals surface area contributed by atoms with Crippen LogP contribution in [0.2, 0.25) is 0 Å². The number of hydrogen-bond donors (Lipinski definition) is 3. The number of carboxylic acids is 1. The summed E-state index contributed by atoms with van der Waals surface area (Å²) >= 11 is 0. The van der Waals surface area contributed by atoms with E-state index in [0.717, 1.165) is 11.6 Å². The maximum atomic E-state index is 13.8. The predicted molar refractivity (Wildman–Crippen MR) is 126 cm³/mol. The van der Waals surface area contributed by atoms with Gasteiger partial charge in [0, 0.05) is 25.2 Å². The van der Waals surface area contributed by atoms with Crippen molar-refractivity contribution in [2.75, 3.05) is 19.6 Å². The number of hydrogen-bond acceptors (Lipinski definition) is 4. The second-order valence-electron chi connectivity index (χ2n) is 8.34. The molecule has 0 bridgehead atoms. The monoisotopic (exact) mass is 484 g/mol. The van der Waals surface area contributed by atoms with Gasteiger partial charge < -0.3 is 20.6 Å². The summed E-state index contributed by atoms with van der Waals surface area (Å²) < 4.78 is 13.8. The Kier molecular flexibility index (Phi) is 8.40. The van der Waals surface area contributed by atoms with Crippen molar-refractivity contribution in [3.05, 3.63) is 71.0 Å². The van der Waals surface area contributed by atoms with Crippen molar-refractivity contribution in [1.82, 2.24) is 20.4 Å². The lowest BCUT2D eigenvalue weighted by Crippen LogP contribution is -2.65. The van der Waals surface area contributed by atoms with Crippen LogP contribution in [0, 0.1) is 12.7 Å². The highest BCUT2D eigenvalue weighted by Gasteiger charge is 2.41. The van der Waals surface area contributed by atoms with Gasteiger partial charge >= 0.3 is 12.0 Å². The summed E-state index contributed by atoms with van der Waals surface area (Å²) in [6.07, 6.45) is -1.31. The fourth-order valence-electron chi connectivity index (χ4n) is 4.13. The van der Waals surface area contributed by atoms with Crippen LogP contribution in [0.4, 0.5) is 9.18 Å². The molecule has 2 unspecified atom stereocenters. The third-order valence-corrected chi connectivity index (χ3v) is 5.68. The van der Waals surface area contributed by atoms with Crippen LogP contribution in [0.15, 0.2) is 48.5 Å². The van der Waals surface area contributed by atoms with Crippen molar-refractivity contribution in [3.63, 3.8) is 0 Å². The minimum Gasteiger partial charge on any atom is -0.481 e. The Morgan fingerprint density at radius 2 is 1.80 bits per heavy atom. The molecule has 1 aliphatic heterocycles. The minimum atomic E-state index is -1.34. The maximum absolute atomic E-state index is 13.8. The second kappa shape index (κ2) is 11.5. The number of urea groups is 1. The highest BCUT2D eigenvalue weighted by atomic mass is 19.1. The van der Waals surface area contributed by atoms with Gasteiger partial charge in [-0.2, -0.15) is 0 Å². The third kappa shape index (κ3) is 6.34. The summed E-state index contributed by atoms with van der Waals surface area (Å²) in [5, 5.41) is 14.8. The zero-order valence-electron chi connectivity index (χ0n) is 19.7. The maximum Gasteiger partial charge on any atom is 0.319 e. The summed E-state index contributed by atoms with van der Waals surface area (Å²) in [6.45, 7) is 4.27. The van der Waals surface area contributed by atoms with E-state index in [1.165, 1.54) is 28.0 Å². The average molecular weight is 485 g/mol. The first-order chi connectivity index (χ1) is 16.7. The Morgan fingerprint density at radius 3 is 2.46 bits per heavy atom. The number of nitrogens with one attached hydrogen (secondary N) is 2. The van der Waals surface area contributed by atoms with Crippen molar-refractivity contribution in [2.45, 2.75) is 38.9 Å². The van der Waals surface area contributed by atoms with Gasteiger partial charge in [0.1, 0.15) is 5.82 Å². The number of halogens is 1. The second-order valence-corrected chi connectivity index (χ2v) is 8.34. The topological polar surface area (TPSA) is 119 Å². The molecule has 0 aliphatic carbocycles. The van der Waals surface area contributed by atoms with Crippen LogP contribution in [0.1, 0.15) is 47.3 Å². The van der Waals surface area contributed by atoms with Gasteiger partial charge in [-0.1, -0.05) is 35.9 Å². The van der Waals surface area contributed by atoms with Crippen molar-refractivity contribution in [1.29, 1.82) is 0 Å². The first kappa shape index (κ1) is 25.7. The van der Waals surface area contributed by atoms with Crippen LogP contribution < -0.4 is 10.6 Å². The van der Waals surface area contributed by atoms with E-state index in [2.05, 4.69) is 10.6 Å². The SMILES string of the molecule is CCNC(=O)N1CCCN(C(=O)c2cccc(F)c2)C1C(=O)NC(CC(=O)O)c1cccc(C)c1.